The van der Waals surface area contributed by atoms with Crippen molar-refractivity contribution in [1.82, 2.24) is 29.1 Å². The molecule has 4 aromatic heterocycles. The van der Waals surface area contributed by atoms with Crippen molar-refractivity contribution in [1.29, 1.82) is 0 Å². The van der Waals surface area contributed by atoms with E-state index in [9.17, 15) is 0 Å². The number of hydrogen-bond donors (Lipinski definition) is 0. The SMILES string of the molecule is Brc1cn(-c2csc(N3C4CCC3COC4)n2)c(Br)n1.COc1nc(Br)cn1-c1csc(N2C3CCC2COC3)n1.C[O-].[Na+]. The molecule has 4 aromatic rings. The number of imidazole rings is 2. The van der Waals surface area contributed by atoms with Crippen molar-refractivity contribution in [2.24, 2.45) is 0 Å². The van der Waals surface area contributed by atoms with E-state index in [0.29, 0.717) is 30.2 Å². The normalized spacial score (nSPS) is 23.4. The summed E-state index contributed by atoms with van der Waals surface area (Å²) < 4.78 is 22.6. The summed E-state index contributed by atoms with van der Waals surface area (Å²) in [5.41, 5.74) is 0. The number of anilines is 2. The molecule has 0 radical (unpaired) electrons. The Kier molecular flexibility index (Phi) is 12.3. The average molecular weight is 845 g/mol. The zero-order valence-corrected chi connectivity index (χ0v) is 32.8. The van der Waals surface area contributed by atoms with Crippen LogP contribution in [0.1, 0.15) is 25.7 Å². The van der Waals surface area contributed by atoms with E-state index >= 15 is 0 Å². The molecule has 4 bridgehead atoms. The minimum atomic E-state index is 0. The molecule has 0 aliphatic carbocycles. The number of nitrogens with zero attached hydrogens (tertiary/aromatic N) is 8. The number of methoxy groups -OCH3 is 1. The molecule has 0 spiro atoms. The summed E-state index contributed by atoms with van der Waals surface area (Å²) in [7, 11) is 2.36. The van der Waals surface area contributed by atoms with E-state index in [1.807, 2.05) is 26.9 Å². The van der Waals surface area contributed by atoms with Crippen LogP contribution in [-0.4, -0.2) is 93.9 Å². The summed E-state index contributed by atoms with van der Waals surface area (Å²) in [6.07, 6.45) is 8.58. The van der Waals surface area contributed by atoms with Gasteiger partial charge in [0.1, 0.15) is 9.21 Å². The summed E-state index contributed by atoms with van der Waals surface area (Å²) in [6, 6.07) is 2.46. The fourth-order valence-corrected chi connectivity index (χ4v) is 9.32. The van der Waals surface area contributed by atoms with E-state index in [0.717, 1.165) is 69.4 Å². The predicted octanol–water partition coefficient (Wildman–Crippen LogP) is 1.67. The van der Waals surface area contributed by atoms with Gasteiger partial charge in [0.25, 0.3) is 0 Å². The molecule has 0 aromatic carbocycles. The number of rotatable bonds is 5. The summed E-state index contributed by atoms with van der Waals surface area (Å²) in [5, 5.41) is 14.5. The van der Waals surface area contributed by atoms with Crippen molar-refractivity contribution < 1.29 is 48.9 Å². The number of hydrogen-bond acceptors (Lipinski definition) is 12. The van der Waals surface area contributed by atoms with Gasteiger partial charge in [-0.3, -0.25) is 9.13 Å². The van der Waals surface area contributed by atoms with Gasteiger partial charge in [-0.2, -0.15) is 12.1 Å². The largest absolute Gasteiger partial charge is 1.00 e. The van der Waals surface area contributed by atoms with Crippen LogP contribution in [0.25, 0.3) is 11.6 Å². The maximum atomic E-state index is 8.25. The second kappa shape index (κ2) is 15.5. The quantitative estimate of drug-likeness (QED) is 0.275. The van der Waals surface area contributed by atoms with E-state index in [-0.39, 0.29) is 29.6 Å². The Labute approximate surface area is 310 Å². The van der Waals surface area contributed by atoms with Gasteiger partial charge in [0, 0.05) is 23.2 Å². The number of aromatic nitrogens is 6. The van der Waals surface area contributed by atoms with Gasteiger partial charge in [-0.1, -0.05) is 0 Å². The Balaban J connectivity index is 0.000000162. The van der Waals surface area contributed by atoms with Crippen LogP contribution in [0.4, 0.5) is 10.3 Å². The molecule has 4 aliphatic rings. The molecule has 0 N–H and O–H groups in total. The standard InChI is InChI=1S/C13H15BrN4O2S.C12H12Br2N4OS.CH3O.Na/c1-19-12-15-10(14)4-17(12)11-7-21-13(16-11)18-8-2-3-9(18)6-20-5-8;13-9-3-17(11(14)15-9)10-6-20-12(16-10)18-7-1-2-8(18)5-19-4-7;1-2;/h4,7-9H,2-3,5-6H2,1H3;3,6-8H,1-2,4-5H2;1H3;/q;;-1;+1. The Morgan fingerprint density at radius 3 is 1.59 bits per heavy atom. The van der Waals surface area contributed by atoms with Gasteiger partial charge in [-0.25, -0.2) is 15.0 Å². The van der Waals surface area contributed by atoms with Crippen LogP contribution >= 0.6 is 70.5 Å². The molecule has 4 unspecified atom stereocenters. The molecular weight excluding hydrogens is 815 g/mol. The van der Waals surface area contributed by atoms with E-state index in [4.69, 9.17) is 29.3 Å². The first-order chi connectivity index (χ1) is 21.0. The molecule has 4 aliphatic heterocycles. The average Bonchev–Trinajstić information content (AvgIpc) is 3.86. The maximum Gasteiger partial charge on any atom is 1.00 e. The van der Waals surface area contributed by atoms with E-state index in [1.165, 1.54) is 25.7 Å². The van der Waals surface area contributed by atoms with Crippen molar-refractivity contribution >= 4 is 80.7 Å². The van der Waals surface area contributed by atoms with Crippen LogP contribution in [0.5, 0.6) is 6.01 Å². The fourth-order valence-electron chi connectivity index (χ4n) is 5.99. The molecule has 8 rings (SSSR count). The molecule has 0 amide bonds. The summed E-state index contributed by atoms with van der Waals surface area (Å²) in [6.45, 7) is 3.27. The second-order valence-electron chi connectivity index (χ2n) is 10.3. The van der Waals surface area contributed by atoms with Crippen LogP contribution in [-0.2, 0) is 9.47 Å². The van der Waals surface area contributed by atoms with E-state index in [2.05, 4.69) is 72.9 Å². The Morgan fingerprint density at radius 2 is 1.16 bits per heavy atom. The first-order valence-electron chi connectivity index (χ1n) is 13.7. The minimum Gasteiger partial charge on any atom is -0.857 e. The smallest absolute Gasteiger partial charge is 0.857 e. The Hall–Kier alpha value is -0.600. The molecule has 4 fully saturated rings. The second-order valence-corrected chi connectivity index (χ2v) is 14.3. The van der Waals surface area contributed by atoms with Gasteiger partial charge in [0.05, 0.1) is 57.7 Å². The van der Waals surface area contributed by atoms with Crippen LogP contribution in [0.15, 0.2) is 37.1 Å². The number of ether oxygens (including phenoxy) is 3. The van der Waals surface area contributed by atoms with E-state index in [1.54, 1.807) is 29.8 Å². The molecule has 8 heterocycles. The van der Waals surface area contributed by atoms with Gasteiger partial charge in [0.15, 0.2) is 26.6 Å². The Morgan fingerprint density at radius 1 is 0.727 bits per heavy atom. The van der Waals surface area contributed by atoms with Gasteiger partial charge >= 0.3 is 35.6 Å². The van der Waals surface area contributed by atoms with Crippen molar-refractivity contribution in [2.45, 2.75) is 49.9 Å². The van der Waals surface area contributed by atoms with Crippen molar-refractivity contribution in [3.63, 3.8) is 0 Å². The fraction of sp³-hybridized carbons (Fsp3) is 0.538. The van der Waals surface area contributed by atoms with E-state index < -0.39 is 0 Å². The van der Waals surface area contributed by atoms with Gasteiger partial charge in [-0.15, -0.1) is 22.7 Å². The van der Waals surface area contributed by atoms with Crippen LogP contribution in [0.2, 0.25) is 0 Å². The molecule has 232 valence electrons. The third-order valence-corrected chi connectivity index (χ3v) is 10.8. The first kappa shape index (κ1) is 34.7. The summed E-state index contributed by atoms with van der Waals surface area (Å²) in [4.78, 5) is 23.0. The molecule has 18 heteroatoms. The van der Waals surface area contributed by atoms with Crippen molar-refractivity contribution in [2.75, 3.05) is 50.4 Å². The van der Waals surface area contributed by atoms with Gasteiger partial charge in [0.2, 0.25) is 0 Å². The van der Waals surface area contributed by atoms with Gasteiger partial charge < -0.3 is 29.1 Å². The third-order valence-electron chi connectivity index (χ3n) is 7.84. The summed E-state index contributed by atoms with van der Waals surface area (Å²) >= 11 is 13.6. The van der Waals surface area contributed by atoms with Crippen LogP contribution < -0.4 is 49.2 Å². The molecular formula is C26H30Br3N8NaO4S2. The number of morpholine rings is 2. The molecule has 12 nitrogen and oxygen atoms in total. The monoisotopic (exact) mass is 842 g/mol. The topological polar surface area (TPSA) is 119 Å². The maximum absolute atomic E-state index is 8.25. The van der Waals surface area contributed by atoms with Crippen molar-refractivity contribution in [3.8, 4) is 17.6 Å². The first-order valence-corrected chi connectivity index (χ1v) is 17.9. The number of halogens is 3. The Bertz CT molecular complexity index is 1500. The predicted molar refractivity (Wildman–Crippen MR) is 174 cm³/mol. The minimum absolute atomic E-state index is 0. The summed E-state index contributed by atoms with van der Waals surface area (Å²) in [5.74, 6) is 1.75. The molecule has 4 saturated heterocycles. The van der Waals surface area contributed by atoms with Crippen molar-refractivity contribution in [3.05, 3.63) is 37.1 Å². The number of thiazole rings is 2. The molecule has 4 atom stereocenters. The van der Waals surface area contributed by atoms with Crippen LogP contribution in [0, 0.1) is 0 Å². The zero-order valence-electron chi connectivity index (χ0n) is 24.4. The molecule has 44 heavy (non-hydrogen) atoms. The zero-order chi connectivity index (χ0) is 30.1. The molecule has 0 saturated carbocycles. The third kappa shape index (κ3) is 7.12. The number of fused-ring (bicyclic) bond motifs is 4. The van der Waals surface area contributed by atoms with Crippen LogP contribution in [0.3, 0.4) is 0 Å². The van der Waals surface area contributed by atoms with Gasteiger partial charge in [-0.05, 0) is 73.5 Å².